The molecule has 1 spiro atoms. The van der Waals surface area contributed by atoms with Crippen LogP contribution in [0.3, 0.4) is 0 Å². The molecule has 29 heavy (non-hydrogen) atoms. The number of hydrogen-bond acceptors (Lipinski definition) is 7. The van der Waals surface area contributed by atoms with Crippen molar-refractivity contribution >= 4 is 23.2 Å². The molecule has 0 bridgehead atoms. The molecule has 0 aromatic heterocycles. The molecule has 0 N–H and O–H groups in total. The highest BCUT2D eigenvalue weighted by atomic mass is 35.5. The number of ketones is 2. The standard InChI is InChI=1S/C21H23ClO7/c1-5-27-15-7-6-11-12(23)8-10(2)21(20(11)28-15)19(24)16-13(25-3)9-14(26-4)17(22)18(16)29-21/h9-10,15H,5-8H2,1-4H3/t10-,15-,21-/m1/s1. The van der Waals surface area contributed by atoms with E-state index in [1.807, 2.05) is 6.92 Å². The van der Waals surface area contributed by atoms with Crippen LogP contribution in [0.15, 0.2) is 17.4 Å². The van der Waals surface area contributed by atoms with E-state index in [1.54, 1.807) is 13.0 Å². The van der Waals surface area contributed by atoms with Crippen molar-refractivity contribution < 1.29 is 33.3 Å². The van der Waals surface area contributed by atoms with Crippen molar-refractivity contribution in [1.82, 2.24) is 0 Å². The number of carbonyl (C=O) groups is 2. The van der Waals surface area contributed by atoms with Gasteiger partial charge in [0.25, 0.3) is 0 Å². The summed E-state index contributed by atoms with van der Waals surface area (Å²) >= 11 is 6.47. The van der Waals surface area contributed by atoms with Gasteiger partial charge in [-0.2, -0.15) is 0 Å². The highest BCUT2D eigenvalue weighted by molar-refractivity contribution is 6.35. The number of methoxy groups -OCH3 is 2. The van der Waals surface area contributed by atoms with Crippen LogP contribution in [-0.2, 0) is 14.3 Å². The molecule has 1 aromatic rings. The Labute approximate surface area is 173 Å². The fourth-order valence-corrected chi connectivity index (χ4v) is 4.63. The molecule has 1 aromatic carbocycles. The summed E-state index contributed by atoms with van der Waals surface area (Å²) in [5, 5.41) is 0.178. The lowest BCUT2D eigenvalue weighted by atomic mass is 9.71. The summed E-state index contributed by atoms with van der Waals surface area (Å²) in [6, 6.07) is 1.56. The van der Waals surface area contributed by atoms with Gasteiger partial charge in [0.05, 0.1) is 14.2 Å². The van der Waals surface area contributed by atoms with E-state index in [1.165, 1.54) is 14.2 Å². The predicted molar refractivity (Wildman–Crippen MR) is 104 cm³/mol. The number of rotatable bonds is 4. The van der Waals surface area contributed by atoms with Crippen molar-refractivity contribution in [1.29, 1.82) is 0 Å². The third kappa shape index (κ3) is 2.74. The predicted octanol–water partition coefficient (Wildman–Crippen LogP) is 3.71. The highest BCUT2D eigenvalue weighted by Gasteiger charge is 2.62. The Morgan fingerprint density at radius 3 is 2.62 bits per heavy atom. The van der Waals surface area contributed by atoms with Crippen molar-refractivity contribution in [2.24, 2.45) is 5.92 Å². The van der Waals surface area contributed by atoms with Crippen LogP contribution in [0, 0.1) is 5.92 Å². The van der Waals surface area contributed by atoms with Gasteiger partial charge >= 0.3 is 0 Å². The Bertz CT molecular complexity index is 922. The molecular weight excluding hydrogens is 400 g/mol. The minimum Gasteiger partial charge on any atom is -0.496 e. The van der Waals surface area contributed by atoms with Crippen molar-refractivity contribution in [3.05, 3.63) is 28.0 Å². The molecular formula is C21H23ClO7. The summed E-state index contributed by atoms with van der Waals surface area (Å²) in [4.78, 5) is 26.5. The average molecular weight is 423 g/mol. The molecule has 4 rings (SSSR count). The molecule has 3 aliphatic rings. The van der Waals surface area contributed by atoms with Crippen molar-refractivity contribution in [3.63, 3.8) is 0 Å². The maximum Gasteiger partial charge on any atom is 0.231 e. The molecule has 0 radical (unpaired) electrons. The van der Waals surface area contributed by atoms with Crippen LogP contribution in [0.2, 0.25) is 5.02 Å². The Morgan fingerprint density at radius 1 is 1.24 bits per heavy atom. The number of fused-ring (bicyclic) bond motifs is 2. The van der Waals surface area contributed by atoms with E-state index in [4.69, 9.17) is 35.3 Å². The summed E-state index contributed by atoms with van der Waals surface area (Å²) in [6.07, 6.45) is 0.648. The van der Waals surface area contributed by atoms with Crippen LogP contribution in [0.25, 0.3) is 0 Å². The van der Waals surface area contributed by atoms with E-state index in [0.717, 1.165) is 0 Å². The number of Topliss-reactive ketones (excluding diaryl/α,β-unsaturated/α-hetero) is 2. The van der Waals surface area contributed by atoms with Crippen molar-refractivity contribution in [2.45, 2.75) is 45.0 Å². The fraction of sp³-hybridized carbons (Fsp3) is 0.524. The van der Waals surface area contributed by atoms with Crippen molar-refractivity contribution in [3.8, 4) is 17.2 Å². The first-order chi connectivity index (χ1) is 13.9. The molecule has 7 nitrogen and oxygen atoms in total. The lowest BCUT2D eigenvalue weighted by Gasteiger charge is -2.42. The molecule has 156 valence electrons. The minimum atomic E-state index is -1.48. The van der Waals surface area contributed by atoms with E-state index in [0.29, 0.717) is 36.5 Å². The van der Waals surface area contributed by atoms with E-state index in [2.05, 4.69) is 0 Å². The van der Waals surface area contributed by atoms with Gasteiger partial charge in [-0.05, 0) is 13.3 Å². The fourth-order valence-electron chi connectivity index (χ4n) is 4.36. The van der Waals surface area contributed by atoms with Crippen LogP contribution in [0.4, 0.5) is 0 Å². The second-order valence-corrected chi connectivity index (χ2v) is 7.72. The number of halogens is 1. The summed E-state index contributed by atoms with van der Waals surface area (Å²) in [5.74, 6) is 0.229. The Kier molecular flexibility index (Phi) is 4.99. The van der Waals surface area contributed by atoms with Gasteiger partial charge in [-0.15, -0.1) is 0 Å². The molecule has 0 unspecified atom stereocenters. The maximum absolute atomic E-state index is 13.8. The lowest BCUT2D eigenvalue weighted by molar-refractivity contribution is -0.152. The largest absolute Gasteiger partial charge is 0.496 e. The molecule has 0 saturated carbocycles. The second kappa shape index (κ2) is 7.22. The molecule has 0 amide bonds. The first-order valence-corrected chi connectivity index (χ1v) is 10.00. The first kappa shape index (κ1) is 20.0. The number of allylic oxidation sites excluding steroid dienone is 1. The topological polar surface area (TPSA) is 80.3 Å². The van der Waals surface area contributed by atoms with Gasteiger partial charge in [0.15, 0.2) is 23.6 Å². The second-order valence-electron chi connectivity index (χ2n) is 7.34. The van der Waals surface area contributed by atoms with Gasteiger partial charge in [0.1, 0.15) is 22.1 Å². The normalized spacial score (nSPS) is 28.0. The molecule has 2 aliphatic heterocycles. The molecule has 8 heteroatoms. The summed E-state index contributed by atoms with van der Waals surface area (Å²) in [5.41, 5.74) is -0.763. The van der Waals surface area contributed by atoms with Gasteiger partial charge in [-0.25, -0.2) is 0 Å². The quantitative estimate of drug-likeness (QED) is 0.731. The van der Waals surface area contributed by atoms with Gasteiger partial charge in [-0.3, -0.25) is 9.59 Å². The summed E-state index contributed by atoms with van der Waals surface area (Å²) < 4.78 is 28.7. The van der Waals surface area contributed by atoms with E-state index < -0.39 is 17.8 Å². The minimum absolute atomic E-state index is 0.0314. The molecule has 1 aliphatic carbocycles. The smallest absolute Gasteiger partial charge is 0.231 e. The summed E-state index contributed by atoms with van der Waals surface area (Å²) in [6.45, 7) is 4.12. The molecule has 0 saturated heterocycles. The number of hydrogen-bond donors (Lipinski definition) is 0. The third-order valence-corrected chi connectivity index (χ3v) is 6.14. The lowest BCUT2D eigenvalue weighted by Crippen LogP contribution is -2.54. The zero-order valence-electron chi connectivity index (χ0n) is 16.8. The van der Waals surface area contributed by atoms with Gasteiger partial charge < -0.3 is 23.7 Å². The van der Waals surface area contributed by atoms with Gasteiger partial charge in [0.2, 0.25) is 11.4 Å². The molecule has 0 fully saturated rings. The number of carbonyl (C=O) groups excluding carboxylic acids is 2. The van der Waals surface area contributed by atoms with E-state index in [9.17, 15) is 9.59 Å². The third-order valence-electron chi connectivity index (χ3n) is 5.78. The van der Waals surface area contributed by atoms with Crippen LogP contribution in [0.5, 0.6) is 17.2 Å². The summed E-state index contributed by atoms with van der Waals surface area (Å²) in [7, 11) is 2.93. The van der Waals surface area contributed by atoms with Gasteiger partial charge in [-0.1, -0.05) is 18.5 Å². The zero-order valence-corrected chi connectivity index (χ0v) is 17.6. The SMILES string of the molecule is CCO[C@H]1CCC2=C(O1)[C@@]1(Oc3c(Cl)c(OC)cc(OC)c3C1=O)[C@H](C)CC2=O. The van der Waals surface area contributed by atoms with Crippen LogP contribution in [-0.4, -0.2) is 44.3 Å². The van der Waals surface area contributed by atoms with Crippen LogP contribution < -0.4 is 14.2 Å². The number of ether oxygens (including phenoxy) is 5. The Morgan fingerprint density at radius 2 is 1.97 bits per heavy atom. The molecule has 3 atom stereocenters. The monoisotopic (exact) mass is 422 g/mol. The number of benzene rings is 1. The van der Waals surface area contributed by atoms with Crippen LogP contribution >= 0.6 is 11.6 Å². The van der Waals surface area contributed by atoms with Crippen molar-refractivity contribution in [2.75, 3.05) is 20.8 Å². The van der Waals surface area contributed by atoms with E-state index in [-0.39, 0.29) is 40.1 Å². The zero-order chi connectivity index (χ0) is 20.9. The van der Waals surface area contributed by atoms with Crippen LogP contribution in [0.1, 0.15) is 43.5 Å². The molecule has 2 heterocycles. The Balaban J connectivity index is 1.90. The maximum atomic E-state index is 13.8. The Hall–Kier alpha value is -2.25. The average Bonchev–Trinajstić information content (AvgIpc) is 3.02. The van der Waals surface area contributed by atoms with Gasteiger partial charge in [0, 0.05) is 37.0 Å². The van der Waals surface area contributed by atoms with E-state index >= 15 is 0 Å². The first-order valence-electron chi connectivity index (χ1n) is 9.62. The highest BCUT2D eigenvalue weighted by Crippen LogP contribution is 2.56.